The van der Waals surface area contributed by atoms with Crippen LogP contribution in [0.4, 0.5) is 0 Å². The largest absolute Gasteiger partial charge is 0.381 e. The molecule has 0 aromatic heterocycles. The summed E-state index contributed by atoms with van der Waals surface area (Å²) < 4.78 is 22.5. The summed E-state index contributed by atoms with van der Waals surface area (Å²) in [7, 11) is 5.00. The maximum Gasteiger partial charge on any atom is 0.285 e. The van der Waals surface area contributed by atoms with Gasteiger partial charge >= 0.3 is 0 Å². The third-order valence-corrected chi connectivity index (χ3v) is 5.02. The molecule has 0 N–H and O–H groups in total. The molecule has 4 nitrogen and oxygen atoms in total. The van der Waals surface area contributed by atoms with Crippen LogP contribution in [0.2, 0.25) is 0 Å². The molecule has 158 valence electrons. The highest BCUT2D eigenvalue weighted by molar-refractivity contribution is 4.72. The van der Waals surface area contributed by atoms with Gasteiger partial charge < -0.3 is 18.9 Å². The van der Waals surface area contributed by atoms with Crippen molar-refractivity contribution in [3.05, 3.63) is 0 Å². The molecule has 0 radical (unpaired) electrons. The van der Waals surface area contributed by atoms with Crippen LogP contribution in [-0.2, 0) is 18.9 Å². The van der Waals surface area contributed by atoms with Crippen molar-refractivity contribution in [3.63, 3.8) is 0 Å². The monoisotopic (exact) mass is 374 g/mol. The van der Waals surface area contributed by atoms with E-state index in [1.54, 1.807) is 21.3 Å². The topological polar surface area (TPSA) is 36.9 Å². The lowest BCUT2D eigenvalue weighted by molar-refractivity contribution is -0.380. The van der Waals surface area contributed by atoms with Crippen LogP contribution < -0.4 is 0 Å². The Labute approximate surface area is 163 Å². The maximum absolute atomic E-state index is 5.62. The molecule has 4 heteroatoms. The van der Waals surface area contributed by atoms with Gasteiger partial charge in [-0.1, -0.05) is 59.8 Å². The molecular weight excluding hydrogens is 328 g/mol. The summed E-state index contributed by atoms with van der Waals surface area (Å²) in [6.07, 6.45) is 11.9. The SMILES string of the molecule is CCCOCCCC(CCCCCCCC(C)(C)C)C(OC)(OC)OC. The van der Waals surface area contributed by atoms with Gasteiger partial charge in [-0.2, -0.15) is 0 Å². The molecule has 0 aliphatic heterocycles. The molecule has 1 unspecified atom stereocenters. The van der Waals surface area contributed by atoms with Crippen molar-refractivity contribution < 1.29 is 18.9 Å². The summed E-state index contributed by atoms with van der Waals surface area (Å²) in [5.41, 5.74) is 0.458. The Morgan fingerprint density at radius 1 is 0.692 bits per heavy atom. The second kappa shape index (κ2) is 14.8. The number of hydrogen-bond acceptors (Lipinski definition) is 4. The van der Waals surface area contributed by atoms with Crippen LogP contribution in [0.5, 0.6) is 0 Å². The number of methoxy groups -OCH3 is 3. The highest BCUT2D eigenvalue weighted by Gasteiger charge is 2.39. The number of rotatable bonds is 17. The Morgan fingerprint density at radius 3 is 1.77 bits per heavy atom. The fourth-order valence-electron chi connectivity index (χ4n) is 3.50. The highest BCUT2D eigenvalue weighted by atomic mass is 16.9. The van der Waals surface area contributed by atoms with Gasteiger partial charge in [-0.05, 0) is 37.5 Å². The molecule has 0 amide bonds. The number of unbranched alkanes of at least 4 members (excludes halogenated alkanes) is 4. The van der Waals surface area contributed by atoms with Crippen molar-refractivity contribution in [2.45, 2.75) is 97.9 Å². The molecular formula is C22H46O4. The predicted molar refractivity (Wildman–Crippen MR) is 109 cm³/mol. The summed E-state index contributed by atoms with van der Waals surface area (Å²) in [4.78, 5) is 0. The Bertz CT molecular complexity index is 299. The molecule has 0 aromatic rings. The molecule has 26 heavy (non-hydrogen) atoms. The lowest BCUT2D eigenvalue weighted by atomic mass is 9.89. The molecule has 0 fully saturated rings. The van der Waals surface area contributed by atoms with E-state index in [1.165, 1.54) is 38.5 Å². The van der Waals surface area contributed by atoms with Gasteiger partial charge in [0.05, 0.1) is 0 Å². The molecule has 0 saturated carbocycles. The van der Waals surface area contributed by atoms with E-state index in [-0.39, 0.29) is 5.92 Å². The second-order valence-corrected chi connectivity index (χ2v) is 8.53. The van der Waals surface area contributed by atoms with Crippen molar-refractivity contribution in [1.82, 2.24) is 0 Å². The quantitative estimate of drug-likeness (QED) is 0.225. The Kier molecular flexibility index (Phi) is 14.8. The van der Waals surface area contributed by atoms with E-state index in [4.69, 9.17) is 18.9 Å². The summed E-state index contributed by atoms with van der Waals surface area (Å²) >= 11 is 0. The predicted octanol–water partition coefficient (Wildman–Crippen LogP) is 6.18. The van der Waals surface area contributed by atoms with Gasteiger partial charge in [0.2, 0.25) is 0 Å². The fourth-order valence-corrected chi connectivity index (χ4v) is 3.50. The minimum absolute atomic E-state index is 0.224. The molecule has 0 bridgehead atoms. The van der Waals surface area contributed by atoms with E-state index in [9.17, 15) is 0 Å². The zero-order valence-electron chi connectivity index (χ0n) is 18.7. The van der Waals surface area contributed by atoms with Crippen molar-refractivity contribution in [1.29, 1.82) is 0 Å². The van der Waals surface area contributed by atoms with Gasteiger partial charge in [0, 0.05) is 40.5 Å². The van der Waals surface area contributed by atoms with E-state index >= 15 is 0 Å². The first kappa shape index (κ1) is 25.8. The maximum atomic E-state index is 5.62. The molecule has 0 heterocycles. The molecule has 0 aliphatic carbocycles. The molecule has 1 atom stereocenters. The summed E-state index contributed by atoms with van der Waals surface area (Å²) in [5, 5.41) is 0. The number of ether oxygens (including phenoxy) is 4. The van der Waals surface area contributed by atoms with Crippen LogP contribution in [0, 0.1) is 11.3 Å². The average molecular weight is 375 g/mol. The van der Waals surface area contributed by atoms with Crippen molar-refractivity contribution >= 4 is 0 Å². The molecule has 0 saturated heterocycles. The van der Waals surface area contributed by atoms with E-state index < -0.39 is 5.97 Å². The van der Waals surface area contributed by atoms with Crippen LogP contribution >= 0.6 is 0 Å². The lowest BCUT2D eigenvalue weighted by Gasteiger charge is -2.36. The molecule has 0 spiro atoms. The minimum atomic E-state index is -0.934. The second-order valence-electron chi connectivity index (χ2n) is 8.53. The summed E-state index contributed by atoms with van der Waals surface area (Å²) in [6, 6.07) is 0. The highest BCUT2D eigenvalue weighted by Crippen LogP contribution is 2.32. The van der Waals surface area contributed by atoms with E-state index in [0.717, 1.165) is 38.9 Å². The standard InChI is InChI=1S/C22H46O4/c1-8-18-26-19-14-16-20(22(23-5,24-6)25-7)15-12-10-9-11-13-17-21(2,3)4/h20H,8-19H2,1-7H3. The summed E-state index contributed by atoms with van der Waals surface area (Å²) in [5.74, 6) is -0.709. The van der Waals surface area contributed by atoms with Gasteiger partial charge in [-0.25, -0.2) is 0 Å². The molecule has 0 rings (SSSR count). The number of hydrogen-bond donors (Lipinski definition) is 0. The Balaban J connectivity index is 4.26. The Hall–Kier alpha value is -0.160. The fraction of sp³-hybridized carbons (Fsp3) is 1.00. The first-order valence-corrected chi connectivity index (χ1v) is 10.6. The zero-order valence-corrected chi connectivity index (χ0v) is 18.7. The van der Waals surface area contributed by atoms with E-state index in [1.807, 2.05) is 0 Å². The van der Waals surface area contributed by atoms with Crippen LogP contribution in [0.1, 0.15) is 91.9 Å². The Morgan fingerprint density at radius 2 is 1.23 bits per heavy atom. The van der Waals surface area contributed by atoms with Gasteiger partial charge in [0.25, 0.3) is 5.97 Å². The average Bonchev–Trinajstić information content (AvgIpc) is 2.60. The van der Waals surface area contributed by atoms with Crippen molar-refractivity contribution in [2.75, 3.05) is 34.5 Å². The third kappa shape index (κ3) is 11.5. The van der Waals surface area contributed by atoms with Crippen LogP contribution in [0.3, 0.4) is 0 Å². The van der Waals surface area contributed by atoms with Gasteiger partial charge in [0.1, 0.15) is 0 Å². The van der Waals surface area contributed by atoms with Gasteiger partial charge in [-0.15, -0.1) is 0 Å². The van der Waals surface area contributed by atoms with E-state index in [2.05, 4.69) is 27.7 Å². The van der Waals surface area contributed by atoms with Crippen LogP contribution in [0.15, 0.2) is 0 Å². The van der Waals surface area contributed by atoms with Crippen LogP contribution in [0.25, 0.3) is 0 Å². The third-order valence-electron chi connectivity index (χ3n) is 5.02. The van der Waals surface area contributed by atoms with Crippen molar-refractivity contribution in [2.24, 2.45) is 11.3 Å². The van der Waals surface area contributed by atoms with Crippen molar-refractivity contribution in [3.8, 4) is 0 Å². The molecule has 0 aromatic carbocycles. The van der Waals surface area contributed by atoms with Crippen LogP contribution in [-0.4, -0.2) is 40.5 Å². The van der Waals surface area contributed by atoms with E-state index in [0.29, 0.717) is 5.41 Å². The van der Waals surface area contributed by atoms with Gasteiger partial charge in [-0.3, -0.25) is 0 Å². The lowest BCUT2D eigenvalue weighted by Crippen LogP contribution is -2.44. The first-order chi connectivity index (χ1) is 12.3. The normalized spacial score (nSPS) is 14.0. The van der Waals surface area contributed by atoms with Gasteiger partial charge in [0.15, 0.2) is 0 Å². The zero-order chi connectivity index (χ0) is 19.9. The smallest absolute Gasteiger partial charge is 0.285 e. The first-order valence-electron chi connectivity index (χ1n) is 10.6. The summed E-state index contributed by atoms with van der Waals surface area (Å²) in [6.45, 7) is 10.7. The minimum Gasteiger partial charge on any atom is -0.381 e. The molecule has 0 aliphatic rings.